The van der Waals surface area contributed by atoms with E-state index in [9.17, 15) is 13.6 Å². The molecule has 8 heteroatoms. The Hall–Kier alpha value is -2.09. The number of urea groups is 1. The smallest absolute Gasteiger partial charge is 0.395 e. The number of fused-ring (bicyclic) bond motifs is 1. The van der Waals surface area contributed by atoms with Crippen LogP contribution < -0.4 is 14.8 Å². The van der Waals surface area contributed by atoms with Crippen molar-refractivity contribution in [1.82, 2.24) is 4.90 Å². The van der Waals surface area contributed by atoms with Crippen LogP contribution in [0.25, 0.3) is 0 Å². The lowest BCUT2D eigenvalue weighted by atomic mass is 10.3. The number of hydrogen-bond acceptors (Lipinski definition) is 4. The summed E-state index contributed by atoms with van der Waals surface area (Å²) >= 11 is 0. The maximum absolute atomic E-state index is 12.9. The molecule has 2 aliphatic heterocycles. The molecule has 6 nitrogen and oxygen atoms in total. The molecule has 1 N–H and O–H groups in total. The Labute approximate surface area is 113 Å². The number of nitrogens with one attached hydrogen (secondary N) is 1. The van der Waals surface area contributed by atoms with Crippen molar-refractivity contribution < 1.29 is 27.8 Å². The van der Waals surface area contributed by atoms with Crippen LogP contribution in [-0.2, 0) is 4.74 Å². The highest BCUT2D eigenvalue weighted by atomic mass is 19.3. The summed E-state index contributed by atoms with van der Waals surface area (Å²) in [4.78, 5) is 13.5. The van der Waals surface area contributed by atoms with Crippen LogP contribution in [0, 0.1) is 0 Å². The monoisotopic (exact) mass is 286 g/mol. The van der Waals surface area contributed by atoms with Gasteiger partial charge in [-0.25, -0.2) is 4.79 Å². The number of alkyl halides is 2. The Morgan fingerprint density at radius 3 is 2.65 bits per heavy atom. The lowest BCUT2D eigenvalue weighted by molar-refractivity contribution is -0.286. The predicted octanol–water partition coefficient (Wildman–Crippen LogP) is 1.87. The van der Waals surface area contributed by atoms with Gasteiger partial charge in [0.05, 0.1) is 13.2 Å². The van der Waals surface area contributed by atoms with Crippen LogP contribution in [0.2, 0.25) is 0 Å². The molecule has 0 radical (unpaired) electrons. The van der Waals surface area contributed by atoms with E-state index in [-0.39, 0.29) is 17.5 Å². The van der Waals surface area contributed by atoms with E-state index in [4.69, 9.17) is 4.74 Å². The molecule has 20 heavy (non-hydrogen) atoms. The normalized spacial score (nSPS) is 19.8. The molecule has 0 bridgehead atoms. The number of carbonyl (C=O) groups excluding carboxylic acids is 1. The van der Waals surface area contributed by atoms with Crippen LogP contribution in [0.4, 0.5) is 19.3 Å². The first kappa shape index (κ1) is 12.9. The predicted molar refractivity (Wildman–Crippen MR) is 64.1 cm³/mol. The summed E-state index contributed by atoms with van der Waals surface area (Å²) in [5.41, 5.74) is 0.363. The molecule has 1 aromatic rings. The molecule has 2 heterocycles. The molecule has 2 amide bonds. The average molecular weight is 286 g/mol. The summed E-state index contributed by atoms with van der Waals surface area (Å²) in [6.45, 7) is 1.96. The second-order valence-corrected chi connectivity index (χ2v) is 4.36. The van der Waals surface area contributed by atoms with Crippen LogP contribution in [0.5, 0.6) is 11.5 Å². The van der Waals surface area contributed by atoms with E-state index in [0.29, 0.717) is 32.0 Å². The van der Waals surface area contributed by atoms with E-state index in [0.717, 1.165) is 0 Å². The van der Waals surface area contributed by atoms with Crippen molar-refractivity contribution >= 4 is 11.7 Å². The molecule has 2 aliphatic rings. The van der Waals surface area contributed by atoms with Crippen molar-refractivity contribution in [3.8, 4) is 11.5 Å². The number of hydrogen-bond donors (Lipinski definition) is 1. The molecule has 3 rings (SSSR count). The molecule has 0 atom stereocenters. The fourth-order valence-electron chi connectivity index (χ4n) is 2.00. The number of rotatable bonds is 1. The van der Waals surface area contributed by atoms with Gasteiger partial charge in [0.25, 0.3) is 0 Å². The number of morpholine rings is 1. The van der Waals surface area contributed by atoms with E-state index in [1.807, 2.05) is 0 Å². The maximum Gasteiger partial charge on any atom is 0.586 e. The third kappa shape index (κ3) is 2.60. The highest BCUT2D eigenvalue weighted by Gasteiger charge is 2.43. The number of halogens is 2. The molecule has 108 valence electrons. The van der Waals surface area contributed by atoms with Gasteiger partial charge < -0.3 is 24.4 Å². The van der Waals surface area contributed by atoms with Gasteiger partial charge in [-0.2, -0.15) is 0 Å². The highest BCUT2D eigenvalue weighted by Crippen LogP contribution is 2.42. The maximum atomic E-state index is 12.9. The number of amides is 2. The van der Waals surface area contributed by atoms with Gasteiger partial charge in [-0.05, 0) is 12.1 Å². The fraction of sp³-hybridized carbons (Fsp3) is 0.417. The lowest BCUT2D eigenvalue weighted by Gasteiger charge is -2.26. The lowest BCUT2D eigenvalue weighted by Crippen LogP contribution is -2.43. The second-order valence-electron chi connectivity index (χ2n) is 4.36. The third-order valence-electron chi connectivity index (χ3n) is 2.95. The molecular formula is C12H12F2N2O4. The molecule has 1 fully saturated rings. The van der Waals surface area contributed by atoms with E-state index in [1.54, 1.807) is 4.90 Å². The summed E-state index contributed by atoms with van der Waals surface area (Å²) in [5.74, 6) is -0.158. The second kappa shape index (κ2) is 4.78. The number of carbonyl (C=O) groups is 1. The van der Waals surface area contributed by atoms with Crippen molar-refractivity contribution in [1.29, 1.82) is 0 Å². The molecule has 1 aromatic carbocycles. The summed E-state index contributed by atoms with van der Waals surface area (Å²) in [6, 6.07) is 3.79. The number of benzene rings is 1. The molecule has 0 aliphatic carbocycles. The standard InChI is InChI=1S/C12H12F2N2O4/c13-12(14)19-9-2-1-8(7-10(9)20-12)15-11(17)16-3-5-18-6-4-16/h1-2,7H,3-6H2,(H,15,17). The van der Waals surface area contributed by atoms with E-state index in [2.05, 4.69) is 14.8 Å². The van der Waals surface area contributed by atoms with Gasteiger partial charge in [-0.15, -0.1) is 8.78 Å². The molecule has 1 saturated heterocycles. The van der Waals surface area contributed by atoms with Gasteiger partial charge in [-0.1, -0.05) is 0 Å². The minimum Gasteiger partial charge on any atom is -0.395 e. The van der Waals surface area contributed by atoms with Crippen LogP contribution in [0.15, 0.2) is 18.2 Å². The fourth-order valence-corrected chi connectivity index (χ4v) is 2.00. The minimum atomic E-state index is -3.66. The van der Waals surface area contributed by atoms with Gasteiger partial charge in [-0.3, -0.25) is 0 Å². The largest absolute Gasteiger partial charge is 0.586 e. The average Bonchev–Trinajstić information content (AvgIpc) is 2.73. The van der Waals surface area contributed by atoms with Gasteiger partial charge in [0, 0.05) is 24.8 Å². The number of nitrogens with zero attached hydrogens (tertiary/aromatic N) is 1. The molecular weight excluding hydrogens is 274 g/mol. The van der Waals surface area contributed by atoms with Crippen LogP contribution in [0.3, 0.4) is 0 Å². The quantitative estimate of drug-likeness (QED) is 0.856. The number of anilines is 1. The summed E-state index contributed by atoms with van der Waals surface area (Å²) in [7, 11) is 0. The van der Waals surface area contributed by atoms with Crippen molar-refractivity contribution in [3.05, 3.63) is 18.2 Å². The van der Waals surface area contributed by atoms with Gasteiger partial charge in [0.1, 0.15) is 0 Å². The van der Waals surface area contributed by atoms with Crippen molar-refractivity contribution in [2.75, 3.05) is 31.6 Å². The Bertz CT molecular complexity index is 532. The van der Waals surface area contributed by atoms with E-state index < -0.39 is 6.29 Å². The van der Waals surface area contributed by atoms with E-state index in [1.165, 1.54) is 18.2 Å². The van der Waals surface area contributed by atoms with Gasteiger partial charge in [0.15, 0.2) is 11.5 Å². The first-order chi connectivity index (χ1) is 9.53. The van der Waals surface area contributed by atoms with Crippen molar-refractivity contribution in [2.24, 2.45) is 0 Å². The van der Waals surface area contributed by atoms with E-state index >= 15 is 0 Å². The Balaban J connectivity index is 1.68. The zero-order valence-corrected chi connectivity index (χ0v) is 10.4. The molecule has 0 saturated carbocycles. The first-order valence-electron chi connectivity index (χ1n) is 6.07. The van der Waals surface area contributed by atoms with Crippen LogP contribution in [0.1, 0.15) is 0 Å². The summed E-state index contributed by atoms with van der Waals surface area (Å²) < 4.78 is 39.5. The van der Waals surface area contributed by atoms with Crippen molar-refractivity contribution in [2.45, 2.75) is 6.29 Å². The first-order valence-corrected chi connectivity index (χ1v) is 6.07. The Morgan fingerprint density at radius 1 is 1.20 bits per heavy atom. The molecule has 0 spiro atoms. The summed E-state index contributed by atoms with van der Waals surface area (Å²) in [6.07, 6.45) is -3.66. The van der Waals surface area contributed by atoms with Crippen molar-refractivity contribution in [3.63, 3.8) is 0 Å². The topological polar surface area (TPSA) is 60.0 Å². The number of ether oxygens (including phenoxy) is 3. The highest BCUT2D eigenvalue weighted by molar-refractivity contribution is 5.89. The molecule has 0 aromatic heterocycles. The zero-order chi connectivity index (χ0) is 14.2. The van der Waals surface area contributed by atoms with Gasteiger partial charge >= 0.3 is 12.3 Å². The van der Waals surface area contributed by atoms with Gasteiger partial charge in [0.2, 0.25) is 0 Å². The minimum absolute atomic E-state index is 0.0561. The summed E-state index contributed by atoms with van der Waals surface area (Å²) in [5, 5.41) is 2.62. The van der Waals surface area contributed by atoms with Crippen LogP contribution in [-0.4, -0.2) is 43.5 Å². The Morgan fingerprint density at radius 2 is 1.90 bits per heavy atom. The van der Waals surface area contributed by atoms with Crippen LogP contribution >= 0.6 is 0 Å². The third-order valence-corrected chi connectivity index (χ3v) is 2.95. The SMILES string of the molecule is O=C(Nc1ccc2c(c1)OC(F)(F)O2)N1CCOCC1. The molecule has 0 unspecified atom stereocenters. The zero-order valence-electron chi connectivity index (χ0n) is 10.4. The Kier molecular flexibility index (Phi) is 3.09.